The summed E-state index contributed by atoms with van der Waals surface area (Å²) in [6.07, 6.45) is 7.68. The molecule has 16 heavy (non-hydrogen) atoms. The second-order valence-electron chi connectivity index (χ2n) is 4.06. The molecule has 0 saturated heterocycles. The third-order valence-corrected chi connectivity index (χ3v) is 3.86. The van der Waals surface area contributed by atoms with E-state index in [9.17, 15) is 0 Å². The minimum Gasteiger partial charge on any atom is -0.497 e. The van der Waals surface area contributed by atoms with Gasteiger partial charge < -0.3 is 10.1 Å². The third-order valence-electron chi connectivity index (χ3n) is 2.90. The number of nitrogens with one attached hydrogen (secondary N) is 1. The molecular formula is C13H19NOS. The molecule has 0 bridgehead atoms. The van der Waals surface area contributed by atoms with Crippen LogP contribution in [0.4, 0.5) is 0 Å². The van der Waals surface area contributed by atoms with Crippen LogP contribution < -0.4 is 5.32 Å². The monoisotopic (exact) mass is 237 g/mol. The number of thiophene rings is 1. The zero-order valence-electron chi connectivity index (χ0n) is 9.74. The van der Waals surface area contributed by atoms with Gasteiger partial charge in [0.05, 0.1) is 6.26 Å². The fourth-order valence-corrected chi connectivity index (χ4v) is 2.86. The van der Waals surface area contributed by atoms with Gasteiger partial charge >= 0.3 is 0 Å². The highest BCUT2D eigenvalue weighted by Crippen LogP contribution is 2.17. The second kappa shape index (κ2) is 6.06. The van der Waals surface area contributed by atoms with Crippen LogP contribution in [-0.4, -0.2) is 12.6 Å². The maximum absolute atomic E-state index is 5.51. The van der Waals surface area contributed by atoms with Crippen molar-refractivity contribution >= 4 is 11.3 Å². The largest absolute Gasteiger partial charge is 0.497 e. The van der Waals surface area contributed by atoms with E-state index in [1.54, 1.807) is 0 Å². The second-order valence-corrected chi connectivity index (χ2v) is 5.06. The molecule has 1 unspecified atom stereocenters. The lowest BCUT2D eigenvalue weighted by Gasteiger charge is -2.19. The Morgan fingerprint density at radius 3 is 3.25 bits per heavy atom. The van der Waals surface area contributed by atoms with E-state index in [0.717, 1.165) is 32.4 Å². The molecule has 0 spiro atoms. The molecule has 0 aromatic carbocycles. The lowest BCUT2D eigenvalue weighted by Crippen LogP contribution is -2.28. The summed E-state index contributed by atoms with van der Waals surface area (Å²) in [5.74, 6) is 0. The first kappa shape index (κ1) is 11.7. The minimum absolute atomic E-state index is 0.357. The molecule has 1 N–H and O–H groups in total. The van der Waals surface area contributed by atoms with Crippen molar-refractivity contribution in [2.75, 3.05) is 6.54 Å². The highest BCUT2D eigenvalue weighted by molar-refractivity contribution is 7.10. The number of hydrogen-bond donors (Lipinski definition) is 1. The Hall–Kier alpha value is -0.800. The Kier molecular flexibility index (Phi) is 4.43. The maximum atomic E-state index is 5.51. The van der Waals surface area contributed by atoms with Crippen LogP contribution in [0.15, 0.2) is 23.8 Å². The molecule has 0 aliphatic carbocycles. The standard InChI is InChI=1S/C13H19NOS/c1-2-11-6-8-16-13(11)10-14-9-12-5-3-4-7-15-12/h4,6-8,12,14H,2-3,5,9-10H2,1H3. The van der Waals surface area contributed by atoms with Gasteiger partial charge in [-0.05, 0) is 42.3 Å². The molecule has 2 heterocycles. The molecule has 1 aromatic heterocycles. The quantitative estimate of drug-likeness (QED) is 0.849. The lowest BCUT2D eigenvalue weighted by atomic mass is 10.1. The van der Waals surface area contributed by atoms with Gasteiger partial charge in [-0.1, -0.05) is 6.92 Å². The summed E-state index contributed by atoms with van der Waals surface area (Å²) in [7, 11) is 0. The van der Waals surface area contributed by atoms with E-state index < -0.39 is 0 Å². The third kappa shape index (κ3) is 3.09. The Balaban J connectivity index is 1.73. The van der Waals surface area contributed by atoms with Crippen molar-refractivity contribution in [3.8, 4) is 0 Å². The first-order valence-corrected chi connectivity index (χ1v) is 6.84. The molecule has 0 radical (unpaired) electrons. The van der Waals surface area contributed by atoms with Crippen LogP contribution in [0, 0.1) is 0 Å². The molecule has 1 aromatic rings. The van der Waals surface area contributed by atoms with Gasteiger partial charge in [0.1, 0.15) is 6.10 Å². The van der Waals surface area contributed by atoms with Crippen LogP contribution >= 0.6 is 11.3 Å². The molecule has 2 rings (SSSR count). The average molecular weight is 237 g/mol. The molecule has 3 heteroatoms. The van der Waals surface area contributed by atoms with Crippen LogP contribution in [0.2, 0.25) is 0 Å². The molecule has 2 nitrogen and oxygen atoms in total. The molecule has 0 saturated carbocycles. The normalized spacial score (nSPS) is 19.7. The number of ether oxygens (including phenoxy) is 1. The van der Waals surface area contributed by atoms with Gasteiger partial charge in [0.15, 0.2) is 0 Å². The molecule has 0 amide bonds. The Bertz CT molecular complexity index is 345. The summed E-state index contributed by atoms with van der Waals surface area (Å²) in [6, 6.07) is 2.22. The van der Waals surface area contributed by atoms with Crippen molar-refractivity contribution in [2.45, 2.75) is 38.8 Å². The van der Waals surface area contributed by atoms with Crippen molar-refractivity contribution in [1.82, 2.24) is 5.32 Å². The van der Waals surface area contributed by atoms with Gasteiger partial charge in [-0.3, -0.25) is 0 Å². The number of allylic oxidation sites excluding steroid dienone is 1. The van der Waals surface area contributed by atoms with Crippen LogP contribution in [0.3, 0.4) is 0 Å². The van der Waals surface area contributed by atoms with Crippen LogP contribution in [0.5, 0.6) is 0 Å². The summed E-state index contributed by atoms with van der Waals surface area (Å²) >= 11 is 1.84. The Morgan fingerprint density at radius 1 is 1.56 bits per heavy atom. The summed E-state index contributed by atoms with van der Waals surface area (Å²) in [6.45, 7) is 4.14. The van der Waals surface area contributed by atoms with Crippen molar-refractivity contribution in [1.29, 1.82) is 0 Å². The predicted molar refractivity (Wildman–Crippen MR) is 68.7 cm³/mol. The van der Waals surface area contributed by atoms with Crippen LogP contribution in [0.1, 0.15) is 30.2 Å². The zero-order chi connectivity index (χ0) is 11.2. The van der Waals surface area contributed by atoms with E-state index in [0.29, 0.717) is 6.10 Å². The molecule has 88 valence electrons. The summed E-state index contributed by atoms with van der Waals surface area (Å²) in [5.41, 5.74) is 1.47. The summed E-state index contributed by atoms with van der Waals surface area (Å²) in [4.78, 5) is 1.47. The molecule has 0 fully saturated rings. The SMILES string of the molecule is CCc1ccsc1CNCC1CCC=CO1. The Morgan fingerprint density at radius 2 is 2.50 bits per heavy atom. The average Bonchev–Trinajstić information content (AvgIpc) is 2.78. The van der Waals surface area contributed by atoms with Crippen LogP contribution in [-0.2, 0) is 17.7 Å². The molecule has 1 atom stereocenters. The van der Waals surface area contributed by atoms with Gasteiger partial charge in [-0.25, -0.2) is 0 Å². The Labute approximate surface area is 101 Å². The van der Waals surface area contributed by atoms with Crippen molar-refractivity contribution in [2.24, 2.45) is 0 Å². The van der Waals surface area contributed by atoms with Gasteiger partial charge in [0.2, 0.25) is 0 Å². The summed E-state index contributed by atoms with van der Waals surface area (Å²) < 4.78 is 5.51. The van der Waals surface area contributed by atoms with Gasteiger partial charge in [-0.2, -0.15) is 0 Å². The lowest BCUT2D eigenvalue weighted by molar-refractivity contribution is 0.122. The van der Waals surface area contributed by atoms with E-state index >= 15 is 0 Å². The van der Waals surface area contributed by atoms with Crippen molar-refractivity contribution in [3.63, 3.8) is 0 Å². The fraction of sp³-hybridized carbons (Fsp3) is 0.538. The maximum Gasteiger partial charge on any atom is 0.110 e. The highest BCUT2D eigenvalue weighted by atomic mass is 32.1. The van der Waals surface area contributed by atoms with E-state index in [-0.39, 0.29) is 0 Å². The smallest absolute Gasteiger partial charge is 0.110 e. The number of aryl methyl sites for hydroxylation is 1. The zero-order valence-corrected chi connectivity index (χ0v) is 10.6. The highest BCUT2D eigenvalue weighted by Gasteiger charge is 2.10. The van der Waals surface area contributed by atoms with E-state index in [1.165, 1.54) is 10.4 Å². The topological polar surface area (TPSA) is 21.3 Å². The van der Waals surface area contributed by atoms with Gasteiger partial charge in [0, 0.05) is 18.0 Å². The van der Waals surface area contributed by atoms with E-state index in [2.05, 4.69) is 29.8 Å². The minimum atomic E-state index is 0.357. The molecular weight excluding hydrogens is 218 g/mol. The van der Waals surface area contributed by atoms with E-state index in [1.807, 2.05) is 17.6 Å². The van der Waals surface area contributed by atoms with Crippen molar-refractivity contribution < 1.29 is 4.74 Å². The van der Waals surface area contributed by atoms with Gasteiger partial charge in [-0.15, -0.1) is 11.3 Å². The predicted octanol–water partition coefficient (Wildman–Crippen LogP) is 3.09. The summed E-state index contributed by atoms with van der Waals surface area (Å²) in [5, 5.41) is 5.66. The number of hydrogen-bond acceptors (Lipinski definition) is 3. The first-order valence-electron chi connectivity index (χ1n) is 5.96. The fourth-order valence-electron chi connectivity index (χ4n) is 1.92. The number of rotatable bonds is 5. The van der Waals surface area contributed by atoms with Gasteiger partial charge in [0.25, 0.3) is 0 Å². The molecule has 1 aliphatic rings. The van der Waals surface area contributed by atoms with E-state index in [4.69, 9.17) is 4.74 Å². The van der Waals surface area contributed by atoms with Crippen LogP contribution in [0.25, 0.3) is 0 Å². The first-order chi connectivity index (χ1) is 7.90. The molecule has 1 aliphatic heterocycles. The van der Waals surface area contributed by atoms with Crippen molar-refractivity contribution in [3.05, 3.63) is 34.2 Å².